The molecule has 0 saturated carbocycles. The highest BCUT2D eigenvalue weighted by Gasteiger charge is 2.20. The molecule has 6 rings (SSSR count). The third-order valence-corrected chi connectivity index (χ3v) is 9.30. The number of pyridine rings is 1. The molecule has 1 aliphatic heterocycles. The Bertz CT molecular complexity index is 1970. The van der Waals surface area contributed by atoms with Gasteiger partial charge in [-0.1, -0.05) is 65.7 Å². The average molecular weight is 789 g/mol. The molecule has 2 heterocycles. The van der Waals surface area contributed by atoms with E-state index < -0.39 is 0 Å². The first-order chi connectivity index (χ1) is 25.7. The predicted octanol–water partition coefficient (Wildman–Crippen LogP) is 10.2. The van der Waals surface area contributed by atoms with Gasteiger partial charge in [0.05, 0.1) is 17.3 Å². The van der Waals surface area contributed by atoms with Crippen LogP contribution in [0.1, 0.15) is 41.7 Å². The number of carbonyl (C=O) groups is 1. The van der Waals surface area contributed by atoms with Gasteiger partial charge < -0.3 is 23.8 Å². The molecule has 0 atom stereocenters. The lowest BCUT2D eigenvalue weighted by Crippen LogP contribution is -2.47. The maximum atomic E-state index is 13.1. The van der Waals surface area contributed by atoms with Crippen molar-refractivity contribution in [3.8, 4) is 28.9 Å². The third-order valence-electron chi connectivity index (χ3n) is 8.65. The zero-order valence-corrected chi connectivity index (χ0v) is 32.9. The van der Waals surface area contributed by atoms with Gasteiger partial charge in [-0.2, -0.15) is 0 Å². The van der Waals surface area contributed by atoms with E-state index in [1.54, 1.807) is 36.5 Å². The Balaban J connectivity index is 0.00000561. The lowest BCUT2D eigenvalue weighted by molar-refractivity contribution is -0.127. The first-order valence-corrected chi connectivity index (χ1v) is 18.4. The highest BCUT2D eigenvalue weighted by molar-refractivity contribution is 6.32. The second kappa shape index (κ2) is 19.6. The van der Waals surface area contributed by atoms with E-state index in [-0.39, 0.29) is 24.4 Å². The summed E-state index contributed by atoms with van der Waals surface area (Å²) in [5.74, 6) is 3.10. The fraction of sp³-hybridized carbons (Fsp3) is 0.256. The molecule has 1 aliphatic rings. The summed E-state index contributed by atoms with van der Waals surface area (Å²) >= 11 is 12.8. The predicted molar refractivity (Wildman–Crippen MR) is 217 cm³/mol. The van der Waals surface area contributed by atoms with Gasteiger partial charge in [0.1, 0.15) is 30.5 Å². The SMILES string of the molecule is Cc1cc(C=CC(=O)N2CCN(Cc3ccc(COc4ccc(OC(C)C)cc4)cc3)CC2)cc(Cl)c1Oc1ccc(OCc2ccccc2Cl)cn1.Cl. The molecule has 54 heavy (non-hydrogen) atoms. The summed E-state index contributed by atoms with van der Waals surface area (Å²) in [4.78, 5) is 21.7. The Morgan fingerprint density at radius 1 is 0.796 bits per heavy atom. The molecule has 0 aliphatic carbocycles. The average Bonchev–Trinajstić information content (AvgIpc) is 3.16. The summed E-state index contributed by atoms with van der Waals surface area (Å²) in [7, 11) is 0. The van der Waals surface area contributed by atoms with Gasteiger partial charge in [-0.15, -0.1) is 12.4 Å². The molecule has 5 aromatic rings. The molecule has 0 N–H and O–H groups in total. The minimum atomic E-state index is -0.0220. The largest absolute Gasteiger partial charge is 0.491 e. The van der Waals surface area contributed by atoms with E-state index in [9.17, 15) is 4.79 Å². The summed E-state index contributed by atoms with van der Waals surface area (Å²) in [5, 5.41) is 1.08. The number of hydrogen-bond acceptors (Lipinski definition) is 7. The van der Waals surface area contributed by atoms with Crippen LogP contribution in [-0.2, 0) is 24.6 Å². The second-order valence-corrected chi connectivity index (χ2v) is 14.0. The highest BCUT2D eigenvalue weighted by Crippen LogP contribution is 2.34. The van der Waals surface area contributed by atoms with Gasteiger partial charge in [0.15, 0.2) is 5.75 Å². The molecule has 0 radical (unpaired) electrons. The van der Waals surface area contributed by atoms with Crippen molar-refractivity contribution < 1.29 is 23.7 Å². The molecule has 8 nitrogen and oxygen atoms in total. The van der Waals surface area contributed by atoms with Crippen LogP contribution in [-0.4, -0.2) is 53.0 Å². The number of piperazine rings is 1. The summed E-state index contributed by atoms with van der Waals surface area (Å²) in [5.41, 5.74) is 4.86. The molecule has 0 unspecified atom stereocenters. The minimum Gasteiger partial charge on any atom is -0.491 e. The van der Waals surface area contributed by atoms with Crippen molar-refractivity contribution in [2.75, 3.05) is 26.2 Å². The lowest BCUT2D eigenvalue weighted by atomic mass is 10.1. The Morgan fingerprint density at radius 3 is 2.13 bits per heavy atom. The molecule has 11 heteroatoms. The van der Waals surface area contributed by atoms with Gasteiger partial charge in [0.2, 0.25) is 11.8 Å². The molecule has 4 aromatic carbocycles. The van der Waals surface area contributed by atoms with Crippen molar-refractivity contribution in [1.29, 1.82) is 0 Å². The molecule has 1 aromatic heterocycles. The van der Waals surface area contributed by atoms with Crippen LogP contribution in [0.5, 0.6) is 28.9 Å². The zero-order chi connectivity index (χ0) is 37.2. The summed E-state index contributed by atoms with van der Waals surface area (Å²) in [6.45, 7) is 10.5. The van der Waals surface area contributed by atoms with Crippen LogP contribution in [0.3, 0.4) is 0 Å². The van der Waals surface area contributed by atoms with Gasteiger partial charge >= 0.3 is 0 Å². The highest BCUT2D eigenvalue weighted by atomic mass is 35.5. The molecule has 1 saturated heterocycles. The van der Waals surface area contributed by atoms with Crippen LogP contribution >= 0.6 is 35.6 Å². The molecular formula is C43H44Cl3N3O5. The Kier molecular flexibility index (Phi) is 14.6. The van der Waals surface area contributed by atoms with Crippen LogP contribution in [0.25, 0.3) is 6.08 Å². The fourth-order valence-electron chi connectivity index (χ4n) is 5.83. The van der Waals surface area contributed by atoms with E-state index in [0.29, 0.717) is 53.7 Å². The summed E-state index contributed by atoms with van der Waals surface area (Å²) in [6.07, 6.45) is 5.14. The number of ether oxygens (including phenoxy) is 4. The summed E-state index contributed by atoms with van der Waals surface area (Å²) < 4.78 is 23.5. The topological polar surface area (TPSA) is 73.4 Å². The van der Waals surface area contributed by atoms with Crippen LogP contribution in [0.15, 0.2) is 109 Å². The quantitative estimate of drug-likeness (QED) is 0.104. The van der Waals surface area contributed by atoms with E-state index in [4.69, 9.17) is 42.1 Å². The van der Waals surface area contributed by atoms with Crippen molar-refractivity contribution in [2.24, 2.45) is 0 Å². The van der Waals surface area contributed by atoms with Crippen LogP contribution in [0.2, 0.25) is 10.0 Å². The number of hydrogen-bond donors (Lipinski definition) is 0. The Hall–Kier alpha value is -4.73. The second-order valence-electron chi connectivity index (χ2n) is 13.1. The monoisotopic (exact) mass is 787 g/mol. The number of carbonyl (C=O) groups excluding carboxylic acids is 1. The molecule has 1 fully saturated rings. The Labute approximate surface area is 333 Å². The number of aromatic nitrogens is 1. The van der Waals surface area contributed by atoms with Gasteiger partial charge in [0.25, 0.3) is 0 Å². The number of aryl methyl sites for hydroxylation is 1. The van der Waals surface area contributed by atoms with Crippen LogP contribution in [0.4, 0.5) is 0 Å². The molecule has 0 spiro atoms. The first kappa shape index (κ1) is 40.5. The number of halogens is 3. The normalized spacial score (nSPS) is 13.1. The van der Waals surface area contributed by atoms with Crippen molar-refractivity contribution >= 4 is 47.6 Å². The van der Waals surface area contributed by atoms with E-state index in [1.807, 2.05) is 80.3 Å². The zero-order valence-electron chi connectivity index (χ0n) is 30.5. The first-order valence-electron chi connectivity index (χ1n) is 17.7. The van der Waals surface area contributed by atoms with E-state index in [1.165, 1.54) is 5.56 Å². The van der Waals surface area contributed by atoms with Crippen molar-refractivity contribution in [1.82, 2.24) is 14.8 Å². The van der Waals surface area contributed by atoms with Gasteiger partial charge in [-0.3, -0.25) is 9.69 Å². The molecule has 0 bridgehead atoms. The Morgan fingerprint density at radius 2 is 1.46 bits per heavy atom. The van der Waals surface area contributed by atoms with Gasteiger partial charge in [0, 0.05) is 55.5 Å². The van der Waals surface area contributed by atoms with Crippen molar-refractivity contribution in [3.63, 3.8) is 0 Å². The molecule has 282 valence electrons. The maximum Gasteiger partial charge on any atom is 0.246 e. The van der Waals surface area contributed by atoms with Gasteiger partial charge in [-0.05, 0) is 97.6 Å². The maximum absolute atomic E-state index is 13.1. The molecular weight excluding hydrogens is 745 g/mol. The third kappa shape index (κ3) is 11.6. The van der Waals surface area contributed by atoms with Crippen LogP contribution < -0.4 is 18.9 Å². The summed E-state index contributed by atoms with van der Waals surface area (Å²) in [6, 6.07) is 31.0. The number of nitrogens with zero attached hydrogens (tertiary/aromatic N) is 3. The number of benzene rings is 4. The fourth-order valence-corrected chi connectivity index (χ4v) is 6.33. The van der Waals surface area contributed by atoms with Gasteiger partial charge in [-0.25, -0.2) is 4.98 Å². The lowest BCUT2D eigenvalue weighted by Gasteiger charge is -2.34. The van der Waals surface area contributed by atoms with Crippen molar-refractivity contribution in [3.05, 3.63) is 147 Å². The number of rotatable bonds is 14. The van der Waals surface area contributed by atoms with E-state index >= 15 is 0 Å². The number of amides is 1. The van der Waals surface area contributed by atoms with Crippen molar-refractivity contribution in [2.45, 2.75) is 46.6 Å². The standard InChI is InChI=1S/C43H43Cl2N3O5.ClH/c1-30(2)52-37-15-13-36(14-16-37)50-28-33-10-8-32(9-11-33)27-47-20-22-48(23-21-47)42(49)19-12-34-24-31(3)43(40(45)25-34)53-41-18-17-38(26-46-41)51-29-35-6-4-5-7-39(35)44;/h4-19,24-26,30H,20-23,27-29H2,1-3H3;1H. The molecule has 1 amide bonds. The minimum absolute atomic E-state index is 0. The smallest absolute Gasteiger partial charge is 0.246 e. The van der Waals surface area contributed by atoms with Crippen LogP contribution in [0, 0.1) is 6.92 Å². The van der Waals surface area contributed by atoms with E-state index in [2.05, 4.69) is 34.1 Å². The van der Waals surface area contributed by atoms with E-state index in [0.717, 1.165) is 53.4 Å².